The largest absolute Gasteiger partial charge is 0.506 e. The van der Waals surface area contributed by atoms with Crippen LogP contribution in [0.3, 0.4) is 0 Å². The molecule has 0 amide bonds. The van der Waals surface area contributed by atoms with Crippen molar-refractivity contribution in [2.75, 3.05) is 0 Å². The molecule has 0 fully saturated rings. The van der Waals surface area contributed by atoms with E-state index in [1.54, 1.807) is 0 Å². The number of phenols is 2. The van der Waals surface area contributed by atoms with Crippen LogP contribution >= 0.6 is 11.6 Å². The molecule has 2 N–H and O–H groups in total. The third-order valence-corrected chi connectivity index (χ3v) is 3.91. The number of phenolic OH excluding ortho intramolecular Hbond substituents is 2. The molecule has 0 atom stereocenters. The minimum atomic E-state index is -0.822. The molecule has 0 radical (unpaired) electrons. The van der Waals surface area contributed by atoms with Gasteiger partial charge < -0.3 is 14.6 Å². The standard InChI is InChI=1S/C15H10ClFO4/c1-5-11-7(3-9(16)12(5)18)8-4-10(17)13(19)6(2)14(8)21-15(11)20/h3-4,18-19H,1-2H3. The highest BCUT2D eigenvalue weighted by Crippen LogP contribution is 2.38. The van der Waals surface area contributed by atoms with Crippen molar-refractivity contribution in [1.29, 1.82) is 0 Å². The number of aryl methyl sites for hydroxylation is 2. The van der Waals surface area contributed by atoms with Gasteiger partial charge in [0.15, 0.2) is 11.6 Å². The van der Waals surface area contributed by atoms with E-state index >= 15 is 0 Å². The molecule has 6 heteroatoms. The van der Waals surface area contributed by atoms with Gasteiger partial charge in [0, 0.05) is 21.9 Å². The van der Waals surface area contributed by atoms with Gasteiger partial charge >= 0.3 is 5.63 Å². The molecule has 0 unspecified atom stereocenters. The number of halogens is 2. The predicted octanol–water partition coefficient (Wildman–Crippen LogP) is 3.77. The van der Waals surface area contributed by atoms with Gasteiger partial charge in [0.2, 0.25) is 0 Å². The average molecular weight is 309 g/mol. The summed E-state index contributed by atoms with van der Waals surface area (Å²) in [6.07, 6.45) is 0. The number of hydrogen-bond donors (Lipinski definition) is 2. The summed E-state index contributed by atoms with van der Waals surface area (Å²) < 4.78 is 18.9. The van der Waals surface area contributed by atoms with Crippen molar-refractivity contribution < 1.29 is 19.0 Å². The van der Waals surface area contributed by atoms with Gasteiger partial charge in [-0.2, -0.15) is 0 Å². The fraction of sp³-hybridized carbons (Fsp3) is 0.133. The van der Waals surface area contributed by atoms with Gasteiger partial charge in [-0.3, -0.25) is 0 Å². The maximum absolute atomic E-state index is 13.8. The Hall–Kier alpha value is -2.27. The van der Waals surface area contributed by atoms with Crippen molar-refractivity contribution in [3.8, 4) is 11.5 Å². The second-order valence-electron chi connectivity index (χ2n) is 4.85. The van der Waals surface area contributed by atoms with Gasteiger partial charge in [0.1, 0.15) is 11.3 Å². The maximum atomic E-state index is 13.8. The highest BCUT2D eigenvalue weighted by atomic mass is 35.5. The Balaban J connectivity index is 2.70. The zero-order valence-electron chi connectivity index (χ0n) is 11.1. The lowest BCUT2D eigenvalue weighted by Crippen LogP contribution is -2.03. The van der Waals surface area contributed by atoms with Crippen LogP contribution in [-0.2, 0) is 0 Å². The molecule has 0 aliphatic carbocycles. The molecule has 3 rings (SSSR count). The van der Waals surface area contributed by atoms with E-state index in [0.29, 0.717) is 10.8 Å². The van der Waals surface area contributed by atoms with Gasteiger partial charge in [-0.05, 0) is 26.0 Å². The first kappa shape index (κ1) is 13.7. The van der Waals surface area contributed by atoms with Crippen LogP contribution in [0.15, 0.2) is 21.3 Å². The molecule has 0 saturated carbocycles. The van der Waals surface area contributed by atoms with Crippen LogP contribution in [0.25, 0.3) is 21.7 Å². The molecule has 1 aromatic heterocycles. The fourth-order valence-electron chi connectivity index (χ4n) is 2.47. The lowest BCUT2D eigenvalue weighted by Gasteiger charge is -2.10. The number of rotatable bonds is 0. The smallest absolute Gasteiger partial charge is 0.344 e. The fourth-order valence-corrected chi connectivity index (χ4v) is 2.72. The van der Waals surface area contributed by atoms with E-state index in [2.05, 4.69) is 0 Å². The van der Waals surface area contributed by atoms with Crippen molar-refractivity contribution in [2.24, 2.45) is 0 Å². The van der Waals surface area contributed by atoms with Crippen LogP contribution in [0.4, 0.5) is 4.39 Å². The lowest BCUT2D eigenvalue weighted by molar-refractivity contribution is 0.427. The van der Waals surface area contributed by atoms with Crippen molar-refractivity contribution in [2.45, 2.75) is 13.8 Å². The number of fused-ring (bicyclic) bond motifs is 3. The second-order valence-corrected chi connectivity index (χ2v) is 5.26. The van der Waals surface area contributed by atoms with E-state index in [4.69, 9.17) is 16.0 Å². The van der Waals surface area contributed by atoms with Crippen LogP contribution in [0, 0.1) is 19.7 Å². The van der Waals surface area contributed by atoms with E-state index < -0.39 is 17.2 Å². The summed E-state index contributed by atoms with van der Waals surface area (Å²) in [5.41, 5.74) is -0.200. The van der Waals surface area contributed by atoms with E-state index in [1.165, 1.54) is 19.9 Å². The molecule has 0 saturated heterocycles. The molecule has 0 aliphatic rings. The molecular formula is C15H10ClFO4. The summed E-state index contributed by atoms with van der Waals surface area (Å²) in [6.45, 7) is 2.97. The number of hydrogen-bond acceptors (Lipinski definition) is 4. The molecule has 0 bridgehead atoms. The molecular weight excluding hydrogens is 299 g/mol. The quantitative estimate of drug-likeness (QED) is 0.490. The molecule has 4 nitrogen and oxygen atoms in total. The minimum absolute atomic E-state index is 0.0537. The van der Waals surface area contributed by atoms with Gasteiger partial charge in [-0.25, -0.2) is 9.18 Å². The van der Waals surface area contributed by atoms with Crippen LogP contribution in [0.2, 0.25) is 5.02 Å². The van der Waals surface area contributed by atoms with E-state index in [1.807, 2.05) is 0 Å². The highest BCUT2D eigenvalue weighted by molar-refractivity contribution is 6.33. The van der Waals surface area contributed by atoms with Crippen LogP contribution in [0.1, 0.15) is 11.1 Å². The summed E-state index contributed by atoms with van der Waals surface area (Å²) >= 11 is 5.93. The Morgan fingerprint density at radius 1 is 1.10 bits per heavy atom. The van der Waals surface area contributed by atoms with Crippen molar-refractivity contribution >= 4 is 33.3 Å². The van der Waals surface area contributed by atoms with Crippen LogP contribution in [-0.4, -0.2) is 10.2 Å². The third-order valence-electron chi connectivity index (χ3n) is 3.62. The first-order chi connectivity index (χ1) is 9.82. The maximum Gasteiger partial charge on any atom is 0.344 e. The molecule has 108 valence electrons. The average Bonchev–Trinajstić information content (AvgIpc) is 2.44. The van der Waals surface area contributed by atoms with E-state index in [0.717, 1.165) is 6.07 Å². The predicted molar refractivity (Wildman–Crippen MR) is 77.8 cm³/mol. The summed E-state index contributed by atoms with van der Waals surface area (Å²) in [4.78, 5) is 12.1. The van der Waals surface area contributed by atoms with Gasteiger partial charge in [0.25, 0.3) is 0 Å². The van der Waals surface area contributed by atoms with Crippen molar-refractivity contribution in [3.63, 3.8) is 0 Å². The monoisotopic (exact) mass is 308 g/mol. The Morgan fingerprint density at radius 2 is 1.76 bits per heavy atom. The van der Waals surface area contributed by atoms with Gasteiger partial charge in [0.05, 0.1) is 10.4 Å². The SMILES string of the molecule is Cc1c(O)c(F)cc2c1oc(=O)c1c(C)c(O)c(Cl)cc12. The summed E-state index contributed by atoms with van der Waals surface area (Å²) in [5.74, 6) is -1.60. The first-order valence-corrected chi connectivity index (χ1v) is 6.47. The Kier molecular flexibility index (Phi) is 2.85. The Morgan fingerprint density at radius 3 is 2.43 bits per heavy atom. The Labute approximate surface area is 123 Å². The minimum Gasteiger partial charge on any atom is -0.506 e. The molecule has 3 aromatic rings. The normalized spacial score (nSPS) is 11.4. The van der Waals surface area contributed by atoms with Crippen LogP contribution < -0.4 is 5.63 Å². The first-order valence-electron chi connectivity index (χ1n) is 6.09. The molecule has 21 heavy (non-hydrogen) atoms. The summed E-state index contributed by atoms with van der Waals surface area (Å²) in [5, 5.41) is 20.3. The van der Waals surface area contributed by atoms with Crippen molar-refractivity contribution in [3.05, 3.63) is 44.5 Å². The summed E-state index contributed by atoms with van der Waals surface area (Å²) in [6, 6.07) is 2.46. The second kappa shape index (κ2) is 4.36. The molecule has 1 heterocycles. The van der Waals surface area contributed by atoms with E-state index in [-0.39, 0.29) is 32.9 Å². The topological polar surface area (TPSA) is 70.7 Å². The van der Waals surface area contributed by atoms with Gasteiger partial charge in [-0.15, -0.1) is 0 Å². The summed E-state index contributed by atoms with van der Waals surface area (Å²) in [7, 11) is 0. The lowest BCUT2D eigenvalue weighted by atomic mass is 10.0. The zero-order chi connectivity index (χ0) is 15.5. The highest BCUT2D eigenvalue weighted by Gasteiger charge is 2.19. The van der Waals surface area contributed by atoms with E-state index in [9.17, 15) is 19.4 Å². The number of aromatic hydroxyl groups is 2. The number of benzene rings is 2. The molecule has 2 aromatic carbocycles. The third kappa shape index (κ3) is 1.77. The van der Waals surface area contributed by atoms with Gasteiger partial charge in [-0.1, -0.05) is 11.6 Å². The van der Waals surface area contributed by atoms with Crippen molar-refractivity contribution in [1.82, 2.24) is 0 Å². The Bertz CT molecular complexity index is 975. The van der Waals surface area contributed by atoms with Crippen LogP contribution in [0.5, 0.6) is 11.5 Å². The molecule has 0 aliphatic heterocycles. The molecule has 0 spiro atoms. The zero-order valence-corrected chi connectivity index (χ0v) is 11.9.